The summed E-state index contributed by atoms with van der Waals surface area (Å²) < 4.78 is 28.0. The van der Waals surface area contributed by atoms with Crippen LogP contribution in [0.15, 0.2) is 133 Å². The molecule has 6 heterocycles. The lowest BCUT2D eigenvalue weighted by molar-refractivity contribution is 0.459. The van der Waals surface area contributed by atoms with E-state index in [-0.39, 0.29) is 0 Å². The van der Waals surface area contributed by atoms with Crippen molar-refractivity contribution in [3.63, 3.8) is 0 Å². The van der Waals surface area contributed by atoms with E-state index >= 15 is 0 Å². The van der Waals surface area contributed by atoms with Crippen molar-refractivity contribution in [2.45, 2.75) is 0 Å². The number of para-hydroxylation sites is 2. The van der Waals surface area contributed by atoms with Gasteiger partial charge in [-0.2, -0.15) is 0 Å². The van der Waals surface area contributed by atoms with Crippen LogP contribution in [0.4, 0.5) is 34.1 Å². The van der Waals surface area contributed by atoms with E-state index in [1.807, 2.05) is 60.7 Å². The maximum Gasteiger partial charge on any atom is 0.163 e. The fourth-order valence-corrected chi connectivity index (χ4v) is 19.0. The number of hydrogen-bond acceptors (Lipinski definition) is 8. The summed E-state index contributed by atoms with van der Waals surface area (Å²) in [5.74, 6) is 5.93. The van der Waals surface area contributed by atoms with Crippen molar-refractivity contribution in [2.75, 3.05) is 9.80 Å². The van der Waals surface area contributed by atoms with Crippen molar-refractivity contribution in [1.29, 1.82) is 0 Å². The molecule has 6 aliphatic rings. The zero-order valence-electron chi connectivity index (χ0n) is 26.9. The largest absolute Gasteiger partial charge is 0.456 e. The maximum atomic E-state index is 7.31. The summed E-state index contributed by atoms with van der Waals surface area (Å²) in [6.45, 7) is 0. The molecule has 7 aromatic carbocycles. The summed E-state index contributed by atoms with van der Waals surface area (Å²) in [6, 6.07) is 39.7. The van der Waals surface area contributed by atoms with Gasteiger partial charge in [-0.3, -0.25) is 0 Å². The lowest BCUT2D eigenvalue weighted by Gasteiger charge is -2.51. The van der Waals surface area contributed by atoms with E-state index in [0.717, 1.165) is 112 Å². The van der Waals surface area contributed by atoms with Crippen LogP contribution >= 0.6 is 12.1 Å². The van der Waals surface area contributed by atoms with Gasteiger partial charge in [-0.15, -0.1) is 0 Å². The smallest absolute Gasteiger partial charge is 0.163 e. The summed E-state index contributed by atoms with van der Waals surface area (Å²) in [5.41, 5.74) is 5.68. The van der Waals surface area contributed by atoms with Gasteiger partial charge in [-0.05, 0) is 72.8 Å². The topological polar surface area (TPSA) is 43.4 Å². The normalized spacial score (nSPS) is 20.4. The Kier molecular flexibility index (Phi) is 5.08. The highest BCUT2D eigenvalue weighted by atomic mass is 32.4. The molecule has 2 unspecified atom stereocenters. The van der Waals surface area contributed by atoms with Gasteiger partial charge in [0.1, 0.15) is 45.9 Å². The maximum absolute atomic E-state index is 7.31. The first-order valence-electron chi connectivity index (χ1n) is 17.0. The van der Waals surface area contributed by atoms with Crippen LogP contribution in [0.2, 0.25) is 0 Å². The molecule has 0 N–H and O–H groups in total. The fourth-order valence-electron chi connectivity index (χ4n) is 9.04. The minimum atomic E-state index is -2.84. The molecule has 0 aromatic heterocycles. The lowest BCUT2D eigenvalue weighted by Crippen LogP contribution is -2.48. The molecular weight excluding hydrogens is 723 g/mol. The number of ether oxygens (including phenoxy) is 4. The first-order chi connectivity index (χ1) is 25.6. The van der Waals surface area contributed by atoms with Gasteiger partial charge in [0.15, 0.2) is 11.5 Å². The Morgan fingerprint density at radius 2 is 0.692 bits per heavy atom. The Morgan fingerprint density at radius 1 is 0.346 bits per heavy atom. The third kappa shape index (κ3) is 3.06. The Balaban J connectivity index is 1.29. The monoisotopic (exact) mass is 744 g/mol. The highest BCUT2D eigenvalue weighted by Gasteiger charge is 2.58. The first kappa shape index (κ1) is 28.3. The van der Waals surface area contributed by atoms with E-state index in [1.165, 1.54) is 0 Å². The van der Waals surface area contributed by atoms with Crippen LogP contribution in [-0.2, 0) is 23.6 Å². The summed E-state index contributed by atoms with van der Waals surface area (Å²) in [7, 11) is 0. The van der Waals surface area contributed by atoms with Crippen molar-refractivity contribution in [1.82, 2.24) is 0 Å². The van der Waals surface area contributed by atoms with Gasteiger partial charge >= 0.3 is 0 Å². The zero-order chi connectivity index (χ0) is 34.1. The van der Waals surface area contributed by atoms with Gasteiger partial charge in [0, 0.05) is 11.4 Å². The lowest BCUT2D eigenvalue weighted by atomic mass is 10.1. The molecule has 2 atom stereocenters. The molecular formula is C42H22N2O4P2S2. The molecule has 0 saturated heterocycles. The molecule has 6 aliphatic heterocycles. The molecule has 10 heteroatoms. The summed E-state index contributed by atoms with van der Waals surface area (Å²) in [4.78, 5) is 4.60. The molecule has 52 heavy (non-hydrogen) atoms. The summed E-state index contributed by atoms with van der Waals surface area (Å²) in [6.07, 6.45) is 0. The van der Waals surface area contributed by atoms with Crippen LogP contribution < -0.4 is 60.6 Å². The average molecular weight is 745 g/mol. The van der Waals surface area contributed by atoms with Crippen molar-refractivity contribution in [3.8, 4) is 46.0 Å². The van der Waals surface area contributed by atoms with E-state index in [0.29, 0.717) is 0 Å². The molecule has 0 aliphatic carbocycles. The second-order valence-electron chi connectivity index (χ2n) is 13.5. The van der Waals surface area contributed by atoms with Gasteiger partial charge in [-0.25, -0.2) is 0 Å². The zero-order valence-corrected chi connectivity index (χ0v) is 30.4. The molecule has 0 fully saturated rings. The van der Waals surface area contributed by atoms with E-state index in [2.05, 4.69) is 82.6 Å². The predicted octanol–water partition coefficient (Wildman–Crippen LogP) is 9.19. The molecule has 0 amide bonds. The Morgan fingerprint density at radius 3 is 1.10 bits per heavy atom. The average Bonchev–Trinajstić information content (AvgIpc) is 3.16. The van der Waals surface area contributed by atoms with Crippen LogP contribution in [0.5, 0.6) is 46.0 Å². The van der Waals surface area contributed by atoms with Crippen molar-refractivity contribution >= 4 is 102 Å². The van der Waals surface area contributed by atoms with Crippen LogP contribution in [0.3, 0.4) is 0 Å². The Bertz CT molecular complexity index is 2750. The van der Waals surface area contributed by atoms with Gasteiger partial charge in [0.2, 0.25) is 0 Å². The second-order valence-corrected chi connectivity index (χ2v) is 21.9. The van der Waals surface area contributed by atoms with Gasteiger partial charge < -0.3 is 28.7 Å². The second kappa shape index (κ2) is 9.35. The number of hydrogen-bond donors (Lipinski definition) is 0. The minimum absolute atomic E-state index is 0.721. The Hall–Kier alpha value is -5.36. The minimum Gasteiger partial charge on any atom is -0.456 e. The number of benzene rings is 7. The van der Waals surface area contributed by atoms with Crippen molar-refractivity contribution in [3.05, 3.63) is 133 Å². The Labute approximate surface area is 308 Å². The van der Waals surface area contributed by atoms with Gasteiger partial charge in [0.25, 0.3) is 0 Å². The fraction of sp³-hybridized carbons (Fsp3) is 0. The highest BCUT2D eigenvalue weighted by Crippen LogP contribution is 2.73. The first-order valence-corrected chi connectivity index (χ1v) is 22.6. The van der Waals surface area contributed by atoms with Gasteiger partial charge in [0.05, 0.1) is 55.3 Å². The van der Waals surface area contributed by atoms with Crippen LogP contribution in [0, 0.1) is 0 Å². The third-order valence-corrected chi connectivity index (χ3v) is 20.6. The van der Waals surface area contributed by atoms with E-state index in [1.54, 1.807) is 0 Å². The molecule has 7 aromatic rings. The molecule has 13 rings (SSSR count). The molecule has 0 saturated carbocycles. The van der Waals surface area contributed by atoms with Gasteiger partial charge in [-0.1, -0.05) is 84.3 Å². The molecule has 0 spiro atoms. The van der Waals surface area contributed by atoms with E-state index < -0.39 is 12.1 Å². The molecule has 0 radical (unpaired) electrons. The molecule has 0 bridgehead atoms. The number of anilines is 6. The third-order valence-electron chi connectivity index (χ3n) is 10.9. The quantitative estimate of drug-likeness (QED) is 0.163. The van der Waals surface area contributed by atoms with Crippen LogP contribution in [0.25, 0.3) is 0 Å². The van der Waals surface area contributed by atoms with Crippen molar-refractivity contribution < 1.29 is 18.9 Å². The SMILES string of the molecule is S=P12c3c4cccc3Oc3c5c6c(c(c31)N(c1ccccc1)c1cccc(c12)O4)Oc1cccc2c1P6(=S)c1c(cccc1N5c1ccccc1)O2. The van der Waals surface area contributed by atoms with Crippen molar-refractivity contribution in [2.24, 2.45) is 0 Å². The molecule has 246 valence electrons. The highest BCUT2D eigenvalue weighted by molar-refractivity contribution is 8.27. The number of fused-ring (bicyclic) bond motifs is 2. The number of nitrogens with zero attached hydrogens (tertiary/aromatic N) is 2. The molecule has 6 nitrogen and oxygen atoms in total. The van der Waals surface area contributed by atoms with E-state index in [9.17, 15) is 0 Å². The van der Waals surface area contributed by atoms with Crippen LogP contribution in [0.1, 0.15) is 0 Å². The summed E-state index contributed by atoms with van der Waals surface area (Å²) >= 11 is 14.5. The summed E-state index contributed by atoms with van der Waals surface area (Å²) in [5, 5.41) is 5.84. The standard InChI is InChI=1S/C42H22N2O4P2S2/c51-49-37-25-15-7-17-27(37)45-29-19-10-22-32(39(29)49)48-36-34-42-35(33(41(36)49)43(25)23-11-3-1-4-12-23)47-31-21-9-20-30-40(31)50(42,52)38-26(16-8-18-28(38)46-30)44(34)24-13-5-2-6-14-24/h1-22H. The number of rotatable bonds is 2. The van der Waals surface area contributed by atoms with Crippen LogP contribution in [-0.4, -0.2) is 0 Å². The predicted molar refractivity (Wildman–Crippen MR) is 215 cm³/mol. The van der Waals surface area contributed by atoms with E-state index in [4.69, 9.17) is 42.6 Å².